The van der Waals surface area contributed by atoms with Crippen molar-refractivity contribution in [2.24, 2.45) is 5.41 Å². The lowest BCUT2D eigenvalue weighted by molar-refractivity contribution is -0.390. The Morgan fingerprint density at radius 1 is 1.71 bits per heavy atom. The molecule has 0 bridgehead atoms. The van der Waals surface area contributed by atoms with Crippen LogP contribution in [0.25, 0.3) is 0 Å². The van der Waals surface area contributed by atoms with Gasteiger partial charge in [-0.15, -0.1) is 5.10 Å². The van der Waals surface area contributed by atoms with E-state index < -0.39 is 4.92 Å². The Kier molecular flexibility index (Phi) is 3.25. The van der Waals surface area contributed by atoms with Gasteiger partial charge < -0.3 is 10.1 Å². The monoisotopic (exact) mass is 261 g/mol. The zero-order chi connectivity index (χ0) is 10.8. The average molecular weight is 262 g/mol. The van der Waals surface area contributed by atoms with Crippen LogP contribution in [0, 0.1) is 15.5 Å². The van der Waals surface area contributed by atoms with Gasteiger partial charge in [-0.25, -0.2) is 0 Å². The van der Waals surface area contributed by atoms with Crippen molar-refractivity contribution in [2.45, 2.75) is 20.3 Å². The van der Waals surface area contributed by atoms with Gasteiger partial charge in [-0.05, 0) is 16.8 Å². The van der Waals surface area contributed by atoms with Gasteiger partial charge >= 0.3 is 5.82 Å². The molecule has 0 fully saturated rings. The van der Waals surface area contributed by atoms with Crippen LogP contribution in [-0.2, 0) is 6.42 Å². The number of nitro groups is 1. The van der Waals surface area contributed by atoms with E-state index in [4.69, 9.17) is 0 Å². The Hall–Kier alpha value is -0.910. The molecule has 78 valence electrons. The molecule has 5 nitrogen and oxygen atoms in total. The number of nitrogens with one attached hydrogen (secondary N) is 1. The second-order valence-electron chi connectivity index (χ2n) is 3.98. The summed E-state index contributed by atoms with van der Waals surface area (Å²) < 4.78 is 0. The molecule has 1 rings (SSSR count). The summed E-state index contributed by atoms with van der Waals surface area (Å²) in [5.41, 5.74) is 0.647. The van der Waals surface area contributed by atoms with E-state index in [2.05, 4.69) is 26.1 Å². The SMILES string of the molecule is CC(C)(CBr)Cc1cn[nH]c1[N+](=O)[O-]. The highest BCUT2D eigenvalue weighted by Crippen LogP contribution is 2.27. The molecule has 0 saturated carbocycles. The number of rotatable bonds is 4. The summed E-state index contributed by atoms with van der Waals surface area (Å²) in [6.07, 6.45) is 2.15. The molecule has 1 N–H and O–H groups in total. The molecular formula is C8H12BrN3O2. The van der Waals surface area contributed by atoms with Crippen LogP contribution in [-0.4, -0.2) is 20.5 Å². The van der Waals surface area contributed by atoms with Crippen molar-refractivity contribution in [2.75, 3.05) is 5.33 Å². The summed E-state index contributed by atoms with van der Waals surface area (Å²) in [5.74, 6) is -0.000903. The summed E-state index contributed by atoms with van der Waals surface area (Å²) in [4.78, 5) is 10.1. The zero-order valence-electron chi connectivity index (χ0n) is 8.08. The van der Waals surface area contributed by atoms with Gasteiger partial charge in [0.2, 0.25) is 0 Å². The average Bonchev–Trinajstić information content (AvgIpc) is 2.51. The number of hydrogen-bond acceptors (Lipinski definition) is 3. The quantitative estimate of drug-likeness (QED) is 0.514. The highest BCUT2D eigenvalue weighted by molar-refractivity contribution is 9.09. The lowest BCUT2D eigenvalue weighted by Crippen LogP contribution is -2.16. The van der Waals surface area contributed by atoms with Gasteiger partial charge in [-0.3, -0.25) is 0 Å². The second kappa shape index (κ2) is 4.08. The Bertz CT molecular complexity index is 335. The van der Waals surface area contributed by atoms with Crippen molar-refractivity contribution in [3.05, 3.63) is 21.9 Å². The largest absolute Gasteiger partial charge is 0.358 e. The van der Waals surface area contributed by atoms with Gasteiger partial charge in [0.05, 0.1) is 11.8 Å². The minimum atomic E-state index is -0.438. The molecule has 0 saturated heterocycles. The lowest BCUT2D eigenvalue weighted by Gasteiger charge is -2.19. The fraction of sp³-hybridized carbons (Fsp3) is 0.625. The summed E-state index contributed by atoms with van der Waals surface area (Å²) in [5, 5.41) is 17.4. The first-order valence-corrected chi connectivity index (χ1v) is 5.31. The molecule has 1 heterocycles. The molecule has 0 atom stereocenters. The van der Waals surface area contributed by atoms with Crippen LogP contribution >= 0.6 is 15.9 Å². The molecule has 0 aromatic carbocycles. The number of nitrogens with zero attached hydrogens (tertiary/aromatic N) is 2. The van der Waals surface area contributed by atoms with Gasteiger partial charge in [-0.2, -0.15) is 0 Å². The van der Waals surface area contributed by atoms with E-state index in [1.807, 2.05) is 13.8 Å². The maximum Gasteiger partial charge on any atom is 0.345 e. The second-order valence-corrected chi connectivity index (χ2v) is 4.54. The van der Waals surface area contributed by atoms with Crippen LogP contribution in [0.5, 0.6) is 0 Å². The van der Waals surface area contributed by atoms with E-state index in [1.165, 1.54) is 6.20 Å². The Morgan fingerprint density at radius 2 is 2.36 bits per heavy atom. The third-order valence-corrected chi connectivity index (χ3v) is 3.43. The van der Waals surface area contributed by atoms with Crippen molar-refractivity contribution in [3.8, 4) is 0 Å². The highest BCUT2D eigenvalue weighted by Gasteiger charge is 2.23. The fourth-order valence-corrected chi connectivity index (χ4v) is 1.35. The summed E-state index contributed by atoms with van der Waals surface area (Å²) in [6, 6.07) is 0. The molecule has 0 unspecified atom stereocenters. The first-order chi connectivity index (χ1) is 6.46. The van der Waals surface area contributed by atoms with Crippen LogP contribution in [0.1, 0.15) is 19.4 Å². The number of aromatic amines is 1. The first kappa shape index (κ1) is 11.2. The van der Waals surface area contributed by atoms with Gasteiger partial charge in [-0.1, -0.05) is 34.9 Å². The molecule has 0 aliphatic heterocycles. The fourth-order valence-electron chi connectivity index (χ4n) is 1.15. The van der Waals surface area contributed by atoms with Crippen LogP contribution in [0.2, 0.25) is 0 Å². The minimum absolute atomic E-state index is 0.000903. The molecule has 14 heavy (non-hydrogen) atoms. The molecule has 0 aliphatic rings. The molecule has 6 heteroatoms. The van der Waals surface area contributed by atoms with Crippen molar-refractivity contribution in [1.29, 1.82) is 0 Å². The molecule has 0 aliphatic carbocycles. The Balaban J connectivity index is 2.86. The highest BCUT2D eigenvalue weighted by atomic mass is 79.9. The van der Waals surface area contributed by atoms with Gasteiger partial charge in [0.25, 0.3) is 0 Å². The maximum atomic E-state index is 10.6. The third kappa shape index (κ3) is 2.54. The third-order valence-electron chi connectivity index (χ3n) is 1.91. The van der Waals surface area contributed by atoms with Gasteiger partial charge in [0.15, 0.2) is 0 Å². The predicted octanol–water partition coefficient (Wildman–Crippen LogP) is 2.28. The molecule has 0 spiro atoms. The first-order valence-electron chi connectivity index (χ1n) is 4.19. The Labute approximate surface area is 90.2 Å². The van der Waals surface area contributed by atoms with E-state index >= 15 is 0 Å². The van der Waals surface area contributed by atoms with Crippen LogP contribution in [0.4, 0.5) is 5.82 Å². The van der Waals surface area contributed by atoms with E-state index in [0.29, 0.717) is 12.0 Å². The van der Waals surface area contributed by atoms with E-state index in [9.17, 15) is 10.1 Å². The number of alkyl halides is 1. The maximum absolute atomic E-state index is 10.6. The predicted molar refractivity (Wildman–Crippen MR) is 56.5 cm³/mol. The smallest absolute Gasteiger partial charge is 0.345 e. The van der Waals surface area contributed by atoms with E-state index in [-0.39, 0.29) is 11.2 Å². The summed E-state index contributed by atoms with van der Waals surface area (Å²) >= 11 is 3.38. The van der Waals surface area contributed by atoms with E-state index in [0.717, 1.165) is 5.33 Å². The number of hydrogen-bond donors (Lipinski definition) is 1. The molecule has 1 aromatic heterocycles. The molecule has 1 aromatic rings. The topological polar surface area (TPSA) is 71.8 Å². The van der Waals surface area contributed by atoms with Crippen LogP contribution in [0.15, 0.2) is 6.20 Å². The number of halogens is 1. The van der Waals surface area contributed by atoms with E-state index in [1.54, 1.807) is 0 Å². The molecule has 0 amide bonds. The van der Waals surface area contributed by atoms with Crippen LogP contribution in [0.3, 0.4) is 0 Å². The van der Waals surface area contributed by atoms with Gasteiger partial charge in [0.1, 0.15) is 0 Å². The van der Waals surface area contributed by atoms with Gasteiger partial charge in [0, 0.05) is 5.33 Å². The van der Waals surface area contributed by atoms with Crippen molar-refractivity contribution in [1.82, 2.24) is 10.2 Å². The molecular weight excluding hydrogens is 250 g/mol. The minimum Gasteiger partial charge on any atom is -0.358 e. The Morgan fingerprint density at radius 3 is 2.86 bits per heavy atom. The summed E-state index contributed by atoms with van der Waals surface area (Å²) in [7, 11) is 0. The lowest BCUT2D eigenvalue weighted by atomic mass is 9.89. The van der Waals surface area contributed by atoms with Crippen molar-refractivity contribution >= 4 is 21.7 Å². The zero-order valence-corrected chi connectivity index (χ0v) is 9.67. The van der Waals surface area contributed by atoms with Crippen molar-refractivity contribution in [3.63, 3.8) is 0 Å². The van der Waals surface area contributed by atoms with Crippen LogP contribution < -0.4 is 0 Å². The molecule has 0 radical (unpaired) electrons. The number of H-pyrrole nitrogens is 1. The summed E-state index contributed by atoms with van der Waals surface area (Å²) in [6.45, 7) is 4.08. The van der Waals surface area contributed by atoms with Crippen molar-refractivity contribution < 1.29 is 4.92 Å². The number of aromatic nitrogens is 2. The normalized spacial score (nSPS) is 11.6. The standard InChI is InChI=1S/C8H12BrN3O2/c1-8(2,5-9)3-6-4-10-11-7(6)12(13)14/h4H,3,5H2,1-2H3,(H,10,11).